The Morgan fingerprint density at radius 3 is 2.71 bits per heavy atom. The van der Waals surface area contributed by atoms with Gasteiger partial charge in [-0.15, -0.1) is 0 Å². The third-order valence-corrected chi connectivity index (χ3v) is 3.23. The van der Waals surface area contributed by atoms with Gasteiger partial charge in [0.1, 0.15) is 12.0 Å². The Bertz CT molecular complexity index is 353. The highest BCUT2D eigenvalue weighted by atomic mass is 19.1. The second-order valence-electron chi connectivity index (χ2n) is 4.68. The van der Waals surface area contributed by atoms with Gasteiger partial charge in [0.15, 0.2) is 0 Å². The highest BCUT2D eigenvalue weighted by Gasteiger charge is 2.26. The number of rotatable bonds is 3. The first kappa shape index (κ1) is 12.5. The van der Waals surface area contributed by atoms with Crippen molar-refractivity contribution in [2.24, 2.45) is 0 Å². The van der Waals surface area contributed by atoms with E-state index in [1.807, 2.05) is 11.9 Å². The van der Waals surface area contributed by atoms with Crippen molar-refractivity contribution in [1.29, 1.82) is 0 Å². The zero-order valence-electron chi connectivity index (χ0n) is 10.00. The van der Waals surface area contributed by atoms with E-state index >= 15 is 0 Å². The van der Waals surface area contributed by atoms with Crippen molar-refractivity contribution in [3.05, 3.63) is 35.6 Å². The van der Waals surface area contributed by atoms with E-state index in [1.54, 1.807) is 12.1 Å². The van der Waals surface area contributed by atoms with Gasteiger partial charge < -0.3 is 10.2 Å². The lowest BCUT2D eigenvalue weighted by Gasteiger charge is -2.32. The summed E-state index contributed by atoms with van der Waals surface area (Å²) in [7, 11) is 1.93. The van der Waals surface area contributed by atoms with Crippen molar-refractivity contribution in [2.45, 2.75) is 25.2 Å². The van der Waals surface area contributed by atoms with Crippen molar-refractivity contribution in [1.82, 2.24) is 10.2 Å². The molecule has 1 saturated heterocycles. The van der Waals surface area contributed by atoms with Crippen LogP contribution in [0.1, 0.15) is 12.0 Å². The molecule has 1 heterocycles. The third kappa shape index (κ3) is 3.48. The Morgan fingerprint density at radius 2 is 2.06 bits per heavy atom. The van der Waals surface area contributed by atoms with E-state index in [0.29, 0.717) is 13.1 Å². The van der Waals surface area contributed by atoms with Gasteiger partial charge in [-0.3, -0.25) is 0 Å². The predicted octanol–water partition coefficient (Wildman–Crippen LogP) is 1.96. The van der Waals surface area contributed by atoms with Gasteiger partial charge in [-0.05, 0) is 37.7 Å². The number of alkyl halides is 1. The quantitative estimate of drug-likeness (QED) is 0.869. The summed E-state index contributed by atoms with van der Waals surface area (Å²) in [6.45, 7) is 2.00. The van der Waals surface area contributed by atoms with Crippen LogP contribution in [0.2, 0.25) is 0 Å². The molecule has 0 saturated carbocycles. The first-order valence-corrected chi connectivity index (χ1v) is 5.95. The van der Waals surface area contributed by atoms with Crippen LogP contribution in [0.3, 0.4) is 0 Å². The maximum atomic E-state index is 13.7. The lowest BCUT2D eigenvalue weighted by atomic mass is 10.0. The Labute approximate surface area is 101 Å². The summed E-state index contributed by atoms with van der Waals surface area (Å²) in [4.78, 5) is 2.00. The van der Waals surface area contributed by atoms with E-state index in [4.69, 9.17) is 0 Å². The lowest BCUT2D eigenvalue weighted by Crippen LogP contribution is -2.49. The summed E-state index contributed by atoms with van der Waals surface area (Å²) in [5, 5.41) is 3.20. The van der Waals surface area contributed by atoms with Gasteiger partial charge in [0.05, 0.1) is 0 Å². The number of benzene rings is 1. The van der Waals surface area contributed by atoms with Crippen molar-refractivity contribution < 1.29 is 8.78 Å². The molecule has 2 atom stereocenters. The number of halogens is 2. The number of hydrogen-bond donors (Lipinski definition) is 1. The van der Waals surface area contributed by atoms with E-state index in [9.17, 15) is 8.78 Å². The van der Waals surface area contributed by atoms with Gasteiger partial charge in [-0.2, -0.15) is 0 Å². The van der Waals surface area contributed by atoms with Gasteiger partial charge in [-0.25, -0.2) is 8.78 Å². The molecule has 0 aliphatic carbocycles. The van der Waals surface area contributed by atoms with Gasteiger partial charge in [0.25, 0.3) is 0 Å². The zero-order chi connectivity index (χ0) is 12.3. The summed E-state index contributed by atoms with van der Waals surface area (Å²) in [6, 6.07) is 6.22. The van der Waals surface area contributed by atoms with E-state index < -0.39 is 6.17 Å². The van der Waals surface area contributed by atoms with Crippen LogP contribution in [0.25, 0.3) is 0 Å². The van der Waals surface area contributed by atoms with E-state index in [0.717, 1.165) is 18.5 Å². The minimum Gasteiger partial charge on any atom is -0.307 e. The van der Waals surface area contributed by atoms with E-state index in [1.165, 1.54) is 12.1 Å². The number of likely N-dealkylation sites (tertiary alicyclic amines) is 1. The number of nitrogens with zero attached hydrogens (tertiary/aromatic N) is 1. The van der Waals surface area contributed by atoms with Crippen LogP contribution in [-0.2, 0) is 6.54 Å². The fourth-order valence-electron chi connectivity index (χ4n) is 2.14. The monoisotopic (exact) mass is 240 g/mol. The molecule has 1 aromatic carbocycles. The smallest absolute Gasteiger partial charge is 0.128 e. The molecule has 1 fully saturated rings. The van der Waals surface area contributed by atoms with Crippen LogP contribution >= 0.6 is 0 Å². The Morgan fingerprint density at radius 1 is 1.35 bits per heavy atom. The topological polar surface area (TPSA) is 15.3 Å². The third-order valence-electron chi connectivity index (χ3n) is 3.23. The molecule has 0 radical (unpaired) electrons. The van der Waals surface area contributed by atoms with Gasteiger partial charge in [-0.1, -0.05) is 12.1 Å². The molecular formula is C13H18F2N2. The minimum absolute atomic E-state index is 0.0868. The molecule has 2 nitrogen and oxygen atoms in total. The number of piperidine rings is 1. The largest absolute Gasteiger partial charge is 0.307 e. The molecule has 17 heavy (non-hydrogen) atoms. The Balaban J connectivity index is 1.83. The summed E-state index contributed by atoms with van der Waals surface area (Å²) < 4.78 is 26.4. The maximum Gasteiger partial charge on any atom is 0.128 e. The maximum absolute atomic E-state index is 13.7. The first-order chi connectivity index (χ1) is 8.15. The summed E-state index contributed by atoms with van der Waals surface area (Å²) in [5.74, 6) is -0.239. The summed E-state index contributed by atoms with van der Waals surface area (Å²) in [5.41, 5.74) is 0.984. The van der Waals surface area contributed by atoms with Gasteiger partial charge in [0, 0.05) is 19.1 Å². The molecule has 0 amide bonds. The van der Waals surface area contributed by atoms with Crippen molar-refractivity contribution in [3.8, 4) is 0 Å². The van der Waals surface area contributed by atoms with Crippen LogP contribution in [0.5, 0.6) is 0 Å². The van der Waals surface area contributed by atoms with E-state index in [2.05, 4.69) is 5.32 Å². The van der Waals surface area contributed by atoms with Crippen molar-refractivity contribution in [2.75, 3.05) is 20.1 Å². The molecule has 1 aliphatic heterocycles. The Kier molecular flexibility index (Phi) is 4.07. The van der Waals surface area contributed by atoms with Crippen LogP contribution in [0, 0.1) is 5.82 Å². The second-order valence-corrected chi connectivity index (χ2v) is 4.68. The van der Waals surface area contributed by atoms with Gasteiger partial charge >= 0.3 is 0 Å². The molecule has 1 aromatic rings. The van der Waals surface area contributed by atoms with Crippen molar-refractivity contribution >= 4 is 0 Å². The highest BCUT2D eigenvalue weighted by Crippen LogP contribution is 2.13. The molecule has 4 heteroatoms. The van der Waals surface area contributed by atoms with Crippen LogP contribution in [-0.4, -0.2) is 37.3 Å². The minimum atomic E-state index is -0.825. The molecule has 0 bridgehead atoms. The Hall–Kier alpha value is -1.00. The molecule has 2 rings (SSSR count). The molecule has 0 unspecified atom stereocenters. The highest BCUT2D eigenvalue weighted by molar-refractivity contribution is 5.15. The molecule has 0 spiro atoms. The fourth-order valence-corrected chi connectivity index (χ4v) is 2.14. The summed E-state index contributed by atoms with van der Waals surface area (Å²) in [6.07, 6.45) is -0.00650. The van der Waals surface area contributed by atoms with Crippen molar-refractivity contribution in [3.63, 3.8) is 0 Å². The van der Waals surface area contributed by atoms with E-state index in [-0.39, 0.29) is 11.9 Å². The van der Waals surface area contributed by atoms with Crippen LogP contribution < -0.4 is 5.32 Å². The average Bonchev–Trinajstić information content (AvgIpc) is 2.30. The molecule has 1 N–H and O–H groups in total. The predicted molar refractivity (Wildman–Crippen MR) is 64.0 cm³/mol. The molecule has 94 valence electrons. The lowest BCUT2D eigenvalue weighted by molar-refractivity contribution is 0.122. The van der Waals surface area contributed by atoms with Crippen LogP contribution in [0.15, 0.2) is 24.3 Å². The molecule has 0 aromatic heterocycles. The van der Waals surface area contributed by atoms with Crippen LogP contribution in [0.4, 0.5) is 8.78 Å². The SMILES string of the molecule is CN1CC[C@H](NCc2ccc(F)cc2)[C@@H](F)C1. The number of hydrogen-bond acceptors (Lipinski definition) is 2. The molecule has 1 aliphatic rings. The standard InChI is InChI=1S/C13H18F2N2/c1-17-7-6-13(12(15)9-17)16-8-10-2-4-11(14)5-3-10/h2-5,12-13,16H,6-9H2,1H3/t12-,13-/m0/s1. The fraction of sp³-hybridized carbons (Fsp3) is 0.538. The molecular weight excluding hydrogens is 222 g/mol. The summed E-state index contributed by atoms with van der Waals surface area (Å²) >= 11 is 0. The normalized spacial score (nSPS) is 26.1. The first-order valence-electron chi connectivity index (χ1n) is 5.95. The zero-order valence-corrected chi connectivity index (χ0v) is 10.00. The number of nitrogens with one attached hydrogen (secondary N) is 1. The average molecular weight is 240 g/mol. The second kappa shape index (κ2) is 5.56. The van der Waals surface area contributed by atoms with Gasteiger partial charge in [0.2, 0.25) is 0 Å².